The van der Waals surface area contributed by atoms with Gasteiger partial charge in [-0.25, -0.2) is 0 Å². The van der Waals surface area contributed by atoms with E-state index in [2.05, 4.69) is 10.6 Å². The van der Waals surface area contributed by atoms with Crippen LogP contribution in [0.3, 0.4) is 0 Å². The SMILES string of the molecule is O=C(CCCCCCCCCCSCCO)NCCCCNC(=O)CCCCCCCCCCSCCO. The van der Waals surface area contributed by atoms with Gasteiger partial charge >= 0.3 is 0 Å². The third-order valence-electron chi connectivity index (χ3n) is 6.60. The van der Waals surface area contributed by atoms with Crippen molar-refractivity contribution in [3.8, 4) is 0 Å². The summed E-state index contributed by atoms with van der Waals surface area (Å²) in [4.78, 5) is 23.9. The Balaban J connectivity index is 3.26. The van der Waals surface area contributed by atoms with Crippen LogP contribution in [0.2, 0.25) is 0 Å². The monoisotopic (exact) mass is 576 g/mol. The number of hydrogen-bond acceptors (Lipinski definition) is 6. The van der Waals surface area contributed by atoms with E-state index in [4.69, 9.17) is 10.2 Å². The van der Waals surface area contributed by atoms with Crippen molar-refractivity contribution in [1.29, 1.82) is 0 Å². The van der Waals surface area contributed by atoms with E-state index in [1.54, 1.807) is 0 Å². The Morgan fingerprint density at radius 1 is 0.421 bits per heavy atom. The first-order valence-electron chi connectivity index (χ1n) is 15.6. The first-order valence-corrected chi connectivity index (χ1v) is 17.9. The molecule has 0 aromatic rings. The Bertz CT molecular complexity index is 469. The minimum absolute atomic E-state index is 0.159. The number of carbonyl (C=O) groups is 2. The number of rotatable bonds is 31. The van der Waals surface area contributed by atoms with Gasteiger partial charge in [0.25, 0.3) is 0 Å². The molecule has 226 valence electrons. The Kier molecular flexibility index (Phi) is 32.4. The molecule has 0 saturated heterocycles. The predicted molar refractivity (Wildman–Crippen MR) is 167 cm³/mol. The molecule has 0 aromatic heterocycles. The third-order valence-corrected chi connectivity index (χ3v) is 8.70. The van der Waals surface area contributed by atoms with Crippen LogP contribution in [0.25, 0.3) is 0 Å². The second-order valence-corrected chi connectivity index (χ2v) is 12.7. The molecule has 0 spiro atoms. The largest absolute Gasteiger partial charge is 0.396 e. The number of aliphatic hydroxyl groups excluding tert-OH is 2. The molecule has 0 bridgehead atoms. The van der Waals surface area contributed by atoms with E-state index < -0.39 is 0 Å². The van der Waals surface area contributed by atoms with E-state index in [9.17, 15) is 9.59 Å². The minimum Gasteiger partial charge on any atom is -0.396 e. The summed E-state index contributed by atoms with van der Waals surface area (Å²) in [5.74, 6) is 4.38. The maximum atomic E-state index is 12.0. The molecule has 0 atom stereocenters. The average molecular weight is 577 g/mol. The molecule has 0 aliphatic rings. The lowest BCUT2D eigenvalue weighted by Crippen LogP contribution is -2.27. The quantitative estimate of drug-likeness (QED) is 0.0706. The van der Waals surface area contributed by atoms with Crippen molar-refractivity contribution in [2.45, 2.75) is 128 Å². The molecular weight excluding hydrogens is 516 g/mol. The van der Waals surface area contributed by atoms with Crippen LogP contribution in [0.15, 0.2) is 0 Å². The van der Waals surface area contributed by atoms with Gasteiger partial charge in [-0.15, -0.1) is 0 Å². The number of nitrogens with one attached hydrogen (secondary N) is 2. The Labute approximate surface area is 243 Å². The molecule has 8 heteroatoms. The van der Waals surface area contributed by atoms with Gasteiger partial charge in [-0.1, -0.05) is 77.0 Å². The van der Waals surface area contributed by atoms with Crippen molar-refractivity contribution in [1.82, 2.24) is 10.6 Å². The summed E-state index contributed by atoms with van der Waals surface area (Å²) in [6.45, 7) is 1.98. The van der Waals surface area contributed by atoms with Crippen molar-refractivity contribution >= 4 is 35.3 Å². The van der Waals surface area contributed by atoms with E-state index in [0.29, 0.717) is 25.9 Å². The molecule has 0 aliphatic carbocycles. The van der Waals surface area contributed by atoms with E-state index >= 15 is 0 Å². The summed E-state index contributed by atoms with van der Waals surface area (Å²) in [5, 5.41) is 23.5. The number of unbranched alkanes of at least 4 members (excludes halogenated alkanes) is 15. The van der Waals surface area contributed by atoms with Crippen LogP contribution in [0.5, 0.6) is 0 Å². The lowest BCUT2D eigenvalue weighted by Gasteiger charge is -2.07. The zero-order chi connectivity index (χ0) is 27.8. The first-order chi connectivity index (χ1) is 18.7. The fourth-order valence-corrected chi connectivity index (χ4v) is 5.80. The summed E-state index contributed by atoms with van der Waals surface area (Å²) >= 11 is 3.68. The van der Waals surface area contributed by atoms with Crippen molar-refractivity contribution < 1.29 is 19.8 Å². The summed E-state index contributed by atoms with van der Waals surface area (Å²) < 4.78 is 0. The molecule has 38 heavy (non-hydrogen) atoms. The Morgan fingerprint density at radius 2 is 0.737 bits per heavy atom. The van der Waals surface area contributed by atoms with Gasteiger partial charge in [-0.3, -0.25) is 9.59 Å². The molecule has 0 aromatic carbocycles. The van der Waals surface area contributed by atoms with Crippen LogP contribution in [0, 0.1) is 0 Å². The first kappa shape index (κ1) is 37.6. The molecule has 4 N–H and O–H groups in total. The maximum absolute atomic E-state index is 12.0. The van der Waals surface area contributed by atoms with Gasteiger partial charge in [0.2, 0.25) is 11.8 Å². The highest BCUT2D eigenvalue weighted by Gasteiger charge is 2.03. The molecule has 0 heterocycles. The van der Waals surface area contributed by atoms with Gasteiger partial charge in [-0.05, 0) is 50.0 Å². The predicted octanol–water partition coefficient (Wildman–Crippen LogP) is 6.47. The van der Waals surface area contributed by atoms with Crippen molar-refractivity contribution in [2.24, 2.45) is 0 Å². The molecular formula is C30H60N2O4S2. The normalized spacial score (nSPS) is 11.1. The van der Waals surface area contributed by atoms with Crippen LogP contribution < -0.4 is 10.6 Å². The highest BCUT2D eigenvalue weighted by Crippen LogP contribution is 2.13. The number of hydrogen-bond donors (Lipinski definition) is 4. The minimum atomic E-state index is 0.159. The van der Waals surface area contributed by atoms with Gasteiger partial charge in [0, 0.05) is 37.4 Å². The Hall–Kier alpha value is -0.440. The number of aliphatic hydroxyl groups is 2. The van der Waals surface area contributed by atoms with E-state index in [1.807, 2.05) is 23.5 Å². The lowest BCUT2D eigenvalue weighted by atomic mass is 10.1. The van der Waals surface area contributed by atoms with Crippen LogP contribution in [0.1, 0.15) is 128 Å². The van der Waals surface area contributed by atoms with E-state index in [-0.39, 0.29) is 25.0 Å². The number of thioether (sulfide) groups is 2. The molecule has 0 saturated carbocycles. The highest BCUT2D eigenvalue weighted by molar-refractivity contribution is 7.99. The van der Waals surface area contributed by atoms with Crippen molar-refractivity contribution in [3.05, 3.63) is 0 Å². The fourth-order valence-electron chi connectivity index (χ4n) is 4.32. The highest BCUT2D eigenvalue weighted by atomic mass is 32.2. The lowest BCUT2D eigenvalue weighted by molar-refractivity contribution is -0.122. The Morgan fingerprint density at radius 3 is 1.08 bits per heavy atom. The molecule has 6 nitrogen and oxygen atoms in total. The summed E-state index contributed by atoms with van der Waals surface area (Å²) in [5.41, 5.74) is 0. The van der Waals surface area contributed by atoms with Crippen molar-refractivity contribution in [3.63, 3.8) is 0 Å². The topological polar surface area (TPSA) is 98.7 Å². The summed E-state index contributed by atoms with van der Waals surface area (Å²) in [6.07, 6.45) is 22.6. The molecule has 0 unspecified atom stereocenters. The molecule has 0 fully saturated rings. The third kappa shape index (κ3) is 31.8. The van der Waals surface area contributed by atoms with Gasteiger partial charge in [-0.2, -0.15) is 23.5 Å². The van der Waals surface area contributed by atoms with Gasteiger partial charge in [0.05, 0.1) is 13.2 Å². The van der Waals surface area contributed by atoms with Crippen LogP contribution in [0.4, 0.5) is 0 Å². The molecule has 0 aliphatic heterocycles. The maximum Gasteiger partial charge on any atom is 0.219 e. The fraction of sp³-hybridized carbons (Fsp3) is 0.933. The standard InChI is InChI=1S/C30H60N2O4S2/c33-23-27-37-25-17-11-7-3-1-5-9-13-19-29(35)31-21-15-16-22-32-30(36)20-14-10-6-2-4-8-12-18-26-38-28-24-34/h33-34H,1-28H2,(H,31,35)(H,32,36). The van der Waals surface area contributed by atoms with Crippen LogP contribution in [-0.4, -0.2) is 71.3 Å². The molecule has 0 rings (SSSR count). The van der Waals surface area contributed by atoms with E-state index in [0.717, 1.165) is 50.0 Å². The van der Waals surface area contributed by atoms with Crippen LogP contribution >= 0.6 is 23.5 Å². The van der Waals surface area contributed by atoms with Crippen molar-refractivity contribution in [2.75, 3.05) is 49.3 Å². The number of carbonyl (C=O) groups excluding carboxylic acids is 2. The van der Waals surface area contributed by atoms with E-state index in [1.165, 1.54) is 88.6 Å². The smallest absolute Gasteiger partial charge is 0.219 e. The second kappa shape index (κ2) is 32.8. The number of amides is 2. The summed E-state index contributed by atoms with van der Waals surface area (Å²) in [7, 11) is 0. The zero-order valence-electron chi connectivity index (χ0n) is 24.3. The average Bonchev–Trinajstić information content (AvgIpc) is 2.91. The zero-order valence-corrected chi connectivity index (χ0v) is 26.0. The second-order valence-electron chi connectivity index (χ2n) is 10.2. The summed E-state index contributed by atoms with van der Waals surface area (Å²) in [6, 6.07) is 0. The molecule has 0 radical (unpaired) electrons. The molecule has 2 amide bonds. The van der Waals surface area contributed by atoms with Gasteiger partial charge in [0.15, 0.2) is 0 Å². The van der Waals surface area contributed by atoms with Crippen LogP contribution in [-0.2, 0) is 9.59 Å². The van der Waals surface area contributed by atoms with Gasteiger partial charge in [0.1, 0.15) is 0 Å². The van der Waals surface area contributed by atoms with Gasteiger partial charge < -0.3 is 20.8 Å².